The molecule has 0 spiro atoms. The predicted octanol–water partition coefficient (Wildman–Crippen LogP) is 3.99. The van der Waals surface area contributed by atoms with Gasteiger partial charge in [0.25, 0.3) is 5.91 Å². The molecule has 2 heterocycles. The van der Waals surface area contributed by atoms with Crippen LogP contribution in [0, 0.1) is 6.92 Å². The van der Waals surface area contributed by atoms with Crippen LogP contribution in [0.2, 0.25) is 0 Å². The lowest BCUT2D eigenvalue weighted by Gasteiger charge is -2.18. The Morgan fingerprint density at radius 1 is 1.12 bits per heavy atom. The number of methoxy groups -OCH3 is 2. The molecule has 7 nitrogen and oxygen atoms in total. The van der Waals surface area contributed by atoms with Crippen molar-refractivity contribution in [1.29, 1.82) is 0 Å². The van der Waals surface area contributed by atoms with Crippen LogP contribution in [0.15, 0.2) is 48.5 Å². The van der Waals surface area contributed by atoms with E-state index < -0.39 is 0 Å². The molecular weight excluding hydrogens is 406 g/mol. The fourth-order valence-corrected chi connectivity index (χ4v) is 4.12. The summed E-state index contributed by atoms with van der Waals surface area (Å²) < 4.78 is 16.4. The third-order valence-electron chi connectivity index (χ3n) is 5.89. The lowest BCUT2D eigenvalue weighted by Crippen LogP contribution is -2.29. The summed E-state index contributed by atoms with van der Waals surface area (Å²) >= 11 is 0. The van der Waals surface area contributed by atoms with E-state index in [2.05, 4.69) is 16.3 Å². The average molecular weight is 436 g/mol. The molecule has 32 heavy (non-hydrogen) atoms. The van der Waals surface area contributed by atoms with Crippen LogP contribution in [-0.4, -0.2) is 54.9 Å². The summed E-state index contributed by atoms with van der Waals surface area (Å²) in [4.78, 5) is 15.0. The van der Waals surface area contributed by atoms with E-state index in [-0.39, 0.29) is 11.8 Å². The summed E-state index contributed by atoms with van der Waals surface area (Å²) in [5.74, 6) is 2.50. The Morgan fingerprint density at radius 2 is 1.91 bits per heavy atom. The zero-order valence-corrected chi connectivity index (χ0v) is 18.8. The molecule has 7 heteroatoms. The first-order valence-corrected chi connectivity index (χ1v) is 10.8. The van der Waals surface area contributed by atoms with Crippen LogP contribution >= 0.6 is 0 Å². The van der Waals surface area contributed by atoms with Gasteiger partial charge in [-0.05, 0) is 55.3 Å². The fourth-order valence-electron chi connectivity index (χ4n) is 4.12. The van der Waals surface area contributed by atoms with Gasteiger partial charge in [-0.25, -0.2) is 0 Å². The van der Waals surface area contributed by atoms with Crippen LogP contribution in [0.25, 0.3) is 0 Å². The van der Waals surface area contributed by atoms with Gasteiger partial charge < -0.3 is 19.1 Å². The highest BCUT2D eigenvalue weighted by Crippen LogP contribution is 2.30. The van der Waals surface area contributed by atoms with Crippen molar-refractivity contribution in [2.75, 3.05) is 33.9 Å². The highest BCUT2D eigenvalue weighted by atomic mass is 16.5. The number of carbonyl (C=O) groups is 1. The summed E-state index contributed by atoms with van der Waals surface area (Å²) in [6.45, 7) is 3.87. The summed E-state index contributed by atoms with van der Waals surface area (Å²) in [6.07, 6.45) is 1.63. The largest absolute Gasteiger partial charge is 0.497 e. The van der Waals surface area contributed by atoms with Crippen LogP contribution in [0.5, 0.6) is 17.2 Å². The molecule has 0 radical (unpaired) electrons. The zero-order valence-electron chi connectivity index (χ0n) is 18.8. The Hall–Kier alpha value is -3.48. The average Bonchev–Trinajstić information content (AvgIpc) is 3.49. The number of amides is 1. The molecule has 3 aromatic rings. The van der Waals surface area contributed by atoms with Crippen LogP contribution in [-0.2, 0) is 6.42 Å². The van der Waals surface area contributed by atoms with E-state index in [9.17, 15) is 4.79 Å². The van der Waals surface area contributed by atoms with Crippen LogP contribution < -0.4 is 14.2 Å². The second-order valence-electron chi connectivity index (χ2n) is 7.98. The van der Waals surface area contributed by atoms with Gasteiger partial charge in [-0.3, -0.25) is 9.89 Å². The van der Waals surface area contributed by atoms with E-state index in [0.29, 0.717) is 31.0 Å². The number of nitrogens with one attached hydrogen (secondary N) is 1. The van der Waals surface area contributed by atoms with E-state index in [4.69, 9.17) is 14.2 Å². The number of aromatic nitrogens is 2. The molecule has 1 unspecified atom stereocenters. The minimum Gasteiger partial charge on any atom is -0.497 e. The first-order chi connectivity index (χ1) is 15.6. The maximum Gasteiger partial charge on any atom is 0.257 e. The maximum atomic E-state index is 13.1. The molecule has 0 aliphatic carbocycles. The second-order valence-corrected chi connectivity index (χ2v) is 7.98. The van der Waals surface area contributed by atoms with Gasteiger partial charge in [0.2, 0.25) is 0 Å². The Morgan fingerprint density at radius 3 is 2.66 bits per heavy atom. The minimum atomic E-state index is 0.0108. The number of H-pyrrole nitrogens is 1. The van der Waals surface area contributed by atoms with E-state index >= 15 is 0 Å². The lowest BCUT2D eigenvalue weighted by molar-refractivity contribution is 0.0787. The number of likely N-dealkylation sites (tertiary alicyclic amines) is 1. The first-order valence-electron chi connectivity index (χ1n) is 10.8. The van der Waals surface area contributed by atoms with Crippen LogP contribution in [0.3, 0.4) is 0 Å². The number of hydrogen-bond acceptors (Lipinski definition) is 5. The summed E-state index contributed by atoms with van der Waals surface area (Å²) in [5.41, 5.74) is 3.60. The van der Waals surface area contributed by atoms with Crippen molar-refractivity contribution >= 4 is 5.91 Å². The molecule has 1 atom stereocenters. The molecule has 1 fully saturated rings. The molecule has 168 valence electrons. The van der Waals surface area contributed by atoms with E-state index in [0.717, 1.165) is 41.3 Å². The Balaban J connectivity index is 1.32. The number of benzene rings is 2. The number of hydrogen-bond donors (Lipinski definition) is 1. The number of ether oxygens (including phenoxy) is 3. The highest BCUT2D eigenvalue weighted by Gasteiger charge is 2.30. The third kappa shape index (κ3) is 4.72. The van der Waals surface area contributed by atoms with E-state index in [1.165, 1.54) is 0 Å². The van der Waals surface area contributed by atoms with Gasteiger partial charge in [0.05, 0.1) is 32.1 Å². The maximum absolute atomic E-state index is 13.1. The van der Waals surface area contributed by atoms with Gasteiger partial charge >= 0.3 is 0 Å². The molecule has 1 saturated heterocycles. The second kappa shape index (κ2) is 9.77. The molecule has 1 amide bonds. The van der Waals surface area contributed by atoms with E-state index in [1.54, 1.807) is 14.2 Å². The zero-order chi connectivity index (χ0) is 22.5. The molecule has 1 aromatic heterocycles. The predicted molar refractivity (Wildman–Crippen MR) is 122 cm³/mol. The Bertz CT molecular complexity index is 1060. The molecule has 4 rings (SSSR count). The quantitative estimate of drug-likeness (QED) is 0.579. The summed E-state index contributed by atoms with van der Waals surface area (Å²) in [5, 5.41) is 7.62. The van der Waals surface area contributed by atoms with Gasteiger partial charge in [-0.15, -0.1) is 0 Å². The first kappa shape index (κ1) is 21.7. The number of para-hydroxylation sites is 1. The fraction of sp³-hybridized carbons (Fsp3) is 0.360. The van der Waals surface area contributed by atoms with Crippen LogP contribution in [0.4, 0.5) is 0 Å². The van der Waals surface area contributed by atoms with Gasteiger partial charge in [0.1, 0.15) is 17.2 Å². The van der Waals surface area contributed by atoms with Gasteiger partial charge in [0.15, 0.2) is 0 Å². The number of aromatic amines is 1. The van der Waals surface area contributed by atoms with Crippen molar-refractivity contribution < 1.29 is 19.0 Å². The van der Waals surface area contributed by atoms with Crippen molar-refractivity contribution in [2.24, 2.45) is 0 Å². The summed E-state index contributed by atoms with van der Waals surface area (Å²) in [7, 11) is 3.25. The molecule has 0 bridgehead atoms. The molecule has 1 aliphatic heterocycles. The van der Waals surface area contributed by atoms with E-state index in [1.807, 2.05) is 54.3 Å². The number of carbonyl (C=O) groups excluding carboxylic acids is 1. The minimum absolute atomic E-state index is 0.0108. The van der Waals surface area contributed by atoms with Gasteiger partial charge in [-0.2, -0.15) is 5.10 Å². The SMILES string of the molecule is COc1ccc(OCCc2cc(C3CCN(C(=O)c4cccc(C)c4OC)C3)n[nH]2)cc1. The lowest BCUT2D eigenvalue weighted by atomic mass is 10.0. The third-order valence-corrected chi connectivity index (χ3v) is 5.89. The van der Waals surface area contributed by atoms with Crippen molar-refractivity contribution in [3.63, 3.8) is 0 Å². The van der Waals surface area contributed by atoms with Gasteiger partial charge in [-0.1, -0.05) is 12.1 Å². The molecular formula is C25H29N3O4. The standard InChI is InChI=1S/C25H29N3O4/c1-17-5-4-6-22(24(17)31-3)25(29)28-13-11-18(16-28)23-15-19(26-27-23)12-14-32-21-9-7-20(30-2)8-10-21/h4-10,15,18H,11-14,16H2,1-3H3,(H,26,27). The highest BCUT2D eigenvalue weighted by molar-refractivity contribution is 5.97. The number of rotatable bonds is 8. The van der Waals surface area contributed by atoms with Crippen molar-refractivity contribution in [3.05, 3.63) is 71.0 Å². The van der Waals surface area contributed by atoms with Crippen molar-refractivity contribution in [1.82, 2.24) is 15.1 Å². The number of nitrogens with zero attached hydrogens (tertiary/aromatic N) is 2. The van der Waals surface area contributed by atoms with Crippen molar-refractivity contribution in [3.8, 4) is 17.2 Å². The molecule has 2 aromatic carbocycles. The number of aryl methyl sites for hydroxylation is 1. The Labute approximate surface area is 188 Å². The Kier molecular flexibility index (Phi) is 6.63. The van der Waals surface area contributed by atoms with Crippen LogP contribution in [0.1, 0.15) is 39.6 Å². The molecule has 1 N–H and O–H groups in total. The molecule has 1 aliphatic rings. The summed E-state index contributed by atoms with van der Waals surface area (Å²) in [6, 6.07) is 15.3. The topological polar surface area (TPSA) is 76.7 Å². The van der Waals surface area contributed by atoms with Gasteiger partial charge in [0, 0.05) is 31.1 Å². The molecule has 0 saturated carbocycles. The smallest absolute Gasteiger partial charge is 0.257 e. The monoisotopic (exact) mass is 435 g/mol. The normalized spacial score (nSPS) is 15.6. The van der Waals surface area contributed by atoms with Crippen molar-refractivity contribution in [2.45, 2.75) is 25.7 Å².